The molecule has 0 radical (unpaired) electrons. The second-order valence-corrected chi connectivity index (χ2v) is 8.73. The van der Waals surface area contributed by atoms with E-state index in [1.54, 1.807) is 22.7 Å². The highest BCUT2D eigenvalue weighted by Crippen LogP contribution is 2.31. The number of rotatable bonds is 2. The van der Waals surface area contributed by atoms with Crippen LogP contribution >= 0.6 is 22.7 Å². The van der Waals surface area contributed by atoms with Crippen molar-refractivity contribution in [2.24, 2.45) is 0 Å². The summed E-state index contributed by atoms with van der Waals surface area (Å²) >= 11 is 3.39. The van der Waals surface area contributed by atoms with Crippen LogP contribution in [0.25, 0.3) is 11.1 Å². The summed E-state index contributed by atoms with van der Waals surface area (Å²) in [6.45, 7) is 4.19. The van der Waals surface area contributed by atoms with Crippen molar-refractivity contribution in [3.8, 4) is 23.7 Å². The standard InChI is InChI=1S/C28H20S2/c1-21-9-3-5-11-23(21)15-17-25(27-13-7-19-29-27)26(28-14-8-20-30-28)18-16-24-12-6-4-10-22(24)2/h3-14,19-20H,1-2H3/b26-25-. The zero-order valence-electron chi connectivity index (χ0n) is 16.9. The molecule has 0 aliphatic heterocycles. The number of hydrogen-bond donors (Lipinski definition) is 0. The van der Waals surface area contributed by atoms with Crippen molar-refractivity contribution in [1.82, 2.24) is 0 Å². The third-order valence-corrected chi connectivity index (χ3v) is 6.49. The average Bonchev–Trinajstić information content (AvgIpc) is 3.47. The minimum absolute atomic E-state index is 0.983. The first-order chi connectivity index (χ1) is 14.7. The van der Waals surface area contributed by atoms with Crippen molar-refractivity contribution in [1.29, 1.82) is 0 Å². The first-order valence-corrected chi connectivity index (χ1v) is 11.5. The van der Waals surface area contributed by atoms with Gasteiger partial charge in [-0.05, 0) is 60.0 Å². The molecule has 2 heterocycles. The fourth-order valence-corrected chi connectivity index (χ4v) is 4.49. The van der Waals surface area contributed by atoms with Crippen LogP contribution in [0, 0.1) is 37.5 Å². The third-order valence-electron chi connectivity index (χ3n) is 4.72. The zero-order chi connectivity index (χ0) is 20.8. The van der Waals surface area contributed by atoms with E-state index in [0.29, 0.717) is 0 Å². The summed E-state index contributed by atoms with van der Waals surface area (Å²) < 4.78 is 0. The van der Waals surface area contributed by atoms with Gasteiger partial charge in [-0.2, -0.15) is 0 Å². The van der Waals surface area contributed by atoms with Gasteiger partial charge in [-0.25, -0.2) is 0 Å². The van der Waals surface area contributed by atoms with Crippen LogP contribution in [0.15, 0.2) is 83.6 Å². The van der Waals surface area contributed by atoms with Gasteiger partial charge >= 0.3 is 0 Å². The number of thiophene rings is 2. The molecule has 0 aliphatic carbocycles. The van der Waals surface area contributed by atoms with Crippen molar-refractivity contribution in [3.63, 3.8) is 0 Å². The van der Waals surface area contributed by atoms with Gasteiger partial charge in [-0.1, -0.05) is 72.2 Å². The lowest BCUT2D eigenvalue weighted by molar-refractivity contribution is 1.44. The van der Waals surface area contributed by atoms with Gasteiger partial charge in [0.1, 0.15) is 0 Å². The van der Waals surface area contributed by atoms with Crippen molar-refractivity contribution in [3.05, 3.63) is 116 Å². The van der Waals surface area contributed by atoms with Crippen LogP contribution in [0.4, 0.5) is 0 Å². The summed E-state index contributed by atoms with van der Waals surface area (Å²) in [6.07, 6.45) is 0. The molecule has 0 N–H and O–H groups in total. The Bertz CT molecular complexity index is 1190. The topological polar surface area (TPSA) is 0 Å². The van der Waals surface area contributed by atoms with Crippen molar-refractivity contribution < 1.29 is 0 Å². The predicted molar refractivity (Wildman–Crippen MR) is 132 cm³/mol. The molecule has 0 saturated heterocycles. The number of hydrogen-bond acceptors (Lipinski definition) is 2. The fraction of sp³-hybridized carbons (Fsp3) is 0.0714. The Kier molecular flexibility index (Phi) is 6.31. The molecular weight excluding hydrogens is 400 g/mol. The van der Waals surface area contributed by atoms with E-state index in [4.69, 9.17) is 0 Å². The number of allylic oxidation sites excluding steroid dienone is 2. The van der Waals surface area contributed by atoms with Crippen LogP contribution < -0.4 is 0 Å². The molecule has 0 nitrogen and oxygen atoms in total. The summed E-state index contributed by atoms with van der Waals surface area (Å²) in [5.41, 5.74) is 6.42. The van der Waals surface area contributed by atoms with Crippen molar-refractivity contribution >= 4 is 33.8 Å². The Morgan fingerprint density at radius 2 is 1.00 bits per heavy atom. The molecule has 30 heavy (non-hydrogen) atoms. The van der Waals surface area contributed by atoms with E-state index in [0.717, 1.165) is 32.0 Å². The van der Waals surface area contributed by atoms with E-state index in [1.807, 2.05) is 24.3 Å². The Labute approximate surface area is 186 Å². The Hall–Kier alpha value is -3.30. The maximum Gasteiger partial charge on any atom is 0.0592 e. The van der Waals surface area contributed by atoms with Gasteiger partial charge in [-0.15, -0.1) is 22.7 Å². The summed E-state index contributed by atoms with van der Waals surface area (Å²) in [5.74, 6) is 13.7. The minimum atomic E-state index is 0.983. The molecule has 0 bridgehead atoms. The maximum atomic E-state index is 3.46. The molecule has 144 valence electrons. The van der Waals surface area contributed by atoms with Crippen LogP contribution in [0.2, 0.25) is 0 Å². The first-order valence-electron chi connectivity index (χ1n) is 9.70. The normalized spacial score (nSPS) is 11.0. The quantitative estimate of drug-likeness (QED) is 0.296. The van der Waals surface area contributed by atoms with Crippen LogP contribution in [0.5, 0.6) is 0 Å². The molecule has 0 atom stereocenters. The van der Waals surface area contributed by atoms with Gasteiger partial charge in [0, 0.05) is 20.9 Å². The van der Waals surface area contributed by atoms with Gasteiger partial charge in [0.05, 0.1) is 11.1 Å². The Balaban J connectivity index is 1.92. The molecular formula is C28H20S2. The Morgan fingerprint density at radius 1 is 0.567 bits per heavy atom. The highest BCUT2D eigenvalue weighted by molar-refractivity contribution is 7.12. The molecule has 0 saturated carbocycles. The molecule has 2 aromatic carbocycles. The summed E-state index contributed by atoms with van der Waals surface area (Å²) in [7, 11) is 0. The van der Waals surface area contributed by atoms with Crippen LogP contribution in [0.3, 0.4) is 0 Å². The summed E-state index contributed by atoms with van der Waals surface area (Å²) in [5, 5.41) is 4.18. The van der Waals surface area contributed by atoms with E-state index in [-0.39, 0.29) is 0 Å². The highest BCUT2D eigenvalue weighted by atomic mass is 32.1. The van der Waals surface area contributed by atoms with Gasteiger partial charge < -0.3 is 0 Å². The van der Waals surface area contributed by atoms with Gasteiger partial charge in [0.25, 0.3) is 0 Å². The van der Waals surface area contributed by atoms with E-state index >= 15 is 0 Å². The SMILES string of the molecule is Cc1ccccc1C#C/C(=C(\C#Cc1ccccc1C)c1cccs1)c1cccs1. The lowest BCUT2D eigenvalue weighted by Crippen LogP contribution is -1.87. The van der Waals surface area contributed by atoms with Gasteiger partial charge in [-0.3, -0.25) is 0 Å². The van der Waals surface area contributed by atoms with Crippen LogP contribution in [-0.2, 0) is 0 Å². The average molecular weight is 421 g/mol. The zero-order valence-corrected chi connectivity index (χ0v) is 18.5. The van der Waals surface area contributed by atoms with Crippen molar-refractivity contribution in [2.45, 2.75) is 13.8 Å². The van der Waals surface area contributed by atoms with Gasteiger partial charge in [0.15, 0.2) is 0 Å². The van der Waals surface area contributed by atoms with Gasteiger partial charge in [0.2, 0.25) is 0 Å². The molecule has 4 rings (SSSR count). The van der Waals surface area contributed by atoms with Crippen LogP contribution in [-0.4, -0.2) is 0 Å². The molecule has 0 spiro atoms. The smallest absolute Gasteiger partial charge is 0.0592 e. The first kappa shape index (κ1) is 20.0. The lowest BCUT2D eigenvalue weighted by atomic mass is 10.0. The third kappa shape index (κ3) is 4.64. The van der Waals surface area contributed by atoms with Crippen molar-refractivity contribution in [2.75, 3.05) is 0 Å². The second kappa shape index (κ2) is 9.47. The molecule has 4 aromatic rings. The van der Waals surface area contributed by atoms with Crippen LogP contribution in [0.1, 0.15) is 32.0 Å². The molecule has 0 amide bonds. The molecule has 0 aliphatic rings. The summed E-state index contributed by atoms with van der Waals surface area (Å²) in [6, 6.07) is 24.8. The number of aryl methyl sites for hydroxylation is 2. The Morgan fingerprint density at radius 3 is 1.37 bits per heavy atom. The van der Waals surface area contributed by atoms with E-state index < -0.39 is 0 Å². The maximum absolute atomic E-state index is 3.46. The van der Waals surface area contributed by atoms with E-state index in [9.17, 15) is 0 Å². The lowest BCUT2D eigenvalue weighted by Gasteiger charge is -2.04. The highest BCUT2D eigenvalue weighted by Gasteiger charge is 2.11. The molecule has 2 aromatic heterocycles. The second-order valence-electron chi connectivity index (χ2n) is 6.83. The minimum Gasteiger partial charge on any atom is -0.143 e. The fourth-order valence-electron chi connectivity index (χ4n) is 3.02. The predicted octanol–water partition coefficient (Wildman–Crippen LogP) is 7.44. The van der Waals surface area contributed by atoms with E-state index in [2.05, 4.69) is 96.8 Å². The molecule has 2 heteroatoms. The van der Waals surface area contributed by atoms with E-state index in [1.165, 1.54) is 11.1 Å². The monoisotopic (exact) mass is 420 g/mol. The summed E-state index contributed by atoms with van der Waals surface area (Å²) in [4.78, 5) is 2.28. The molecule has 0 fully saturated rings. The largest absolute Gasteiger partial charge is 0.143 e. The molecule has 0 unspecified atom stereocenters. The number of benzene rings is 2.